The van der Waals surface area contributed by atoms with Gasteiger partial charge in [0.15, 0.2) is 22.8 Å². The Morgan fingerprint density at radius 3 is 2.77 bits per heavy atom. The van der Waals surface area contributed by atoms with E-state index in [4.69, 9.17) is 9.26 Å². The molecule has 3 aromatic heterocycles. The van der Waals surface area contributed by atoms with Crippen LogP contribution in [0.1, 0.15) is 17.6 Å². The normalized spacial score (nSPS) is 19.5. The van der Waals surface area contributed by atoms with Crippen LogP contribution < -0.4 is 4.90 Å². The minimum Gasteiger partial charge on any atom is -0.396 e. The summed E-state index contributed by atoms with van der Waals surface area (Å²) in [7, 11) is 0. The number of nitrogens with zero attached hydrogens (tertiary/aromatic N) is 7. The lowest BCUT2D eigenvalue weighted by Crippen LogP contribution is -2.48. The molecule has 1 N–H and O–H groups in total. The monoisotopic (exact) mass is 357 g/mol. The lowest BCUT2D eigenvalue weighted by atomic mass is 9.87. The van der Waals surface area contributed by atoms with Crippen molar-refractivity contribution in [2.75, 3.05) is 37.8 Å². The summed E-state index contributed by atoms with van der Waals surface area (Å²) >= 11 is 0. The molecule has 3 aromatic rings. The molecule has 0 bridgehead atoms. The summed E-state index contributed by atoms with van der Waals surface area (Å²) in [5.74, 6) is 2.35. The fourth-order valence-corrected chi connectivity index (χ4v) is 3.49. The highest BCUT2D eigenvalue weighted by molar-refractivity contribution is 5.83. The number of rotatable bonds is 5. The van der Waals surface area contributed by atoms with E-state index in [2.05, 4.69) is 30.0 Å². The van der Waals surface area contributed by atoms with Gasteiger partial charge in [-0.1, -0.05) is 5.16 Å². The van der Waals surface area contributed by atoms with Crippen molar-refractivity contribution in [2.24, 2.45) is 5.41 Å². The summed E-state index contributed by atoms with van der Waals surface area (Å²) in [6.07, 6.45) is 3.32. The van der Waals surface area contributed by atoms with Crippen LogP contribution in [0.25, 0.3) is 11.2 Å². The van der Waals surface area contributed by atoms with E-state index in [9.17, 15) is 5.11 Å². The van der Waals surface area contributed by atoms with Crippen LogP contribution in [-0.4, -0.2) is 67.7 Å². The predicted octanol–water partition coefficient (Wildman–Crippen LogP) is 0.130. The Balaban J connectivity index is 1.38. The van der Waals surface area contributed by atoms with Crippen LogP contribution in [0.4, 0.5) is 5.82 Å². The van der Waals surface area contributed by atoms with Gasteiger partial charge in [0.25, 0.3) is 0 Å². The van der Waals surface area contributed by atoms with Gasteiger partial charge in [0.05, 0.1) is 37.5 Å². The van der Waals surface area contributed by atoms with Gasteiger partial charge in [-0.15, -0.1) is 0 Å². The third-order valence-corrected chi connectivity index (χ3v) is 5.11. The van der Waals surface area contributed by atoms with Crippen molar-refractivity contribution in [3.63, 3.8) is 0 Å². The molecule has 2 fully saturated rings. The zero-order chi connectivity index (χ0) is 17.7. The summed E-state index contributed by atoms with van der Waals surface area (Å²) in [6.45, 7) is 5.15. The quantitative estimate of drug-likeness (QED) is 0.680. The smallest absolute Gasteiger partial charge is 0.233 e. The molecule has 0 spiro atoms. The molecule has 5 heterocycles. The van der Waals surface area contributed by atoms with Crippen LogP contribution in [0.5, 0.6) is 0 Å². The topological polar surface area (TPSA) is 115 Å². The Labute approximate surface area is 148 Å². The molecular formula is C16H19N7O3. The van der Waals surface area contributed by atoms with Gasteiger partial charge in [0.2, 0.25) is 5.89 Å². The van der Waals surface area contributed by atoms with E-state index < -0.39 is 0 Å². The fourth-order valence-electron chi connectivity index (χ4n) is 3.49. The van der Waals surface area contributed by atoms with Crippen molar-refractivity contribution in [1.29, 1.82) is 0 Å². The Morgan fingerprint density at radius 2 is 2.12 bits per heavy atom. The second kappa shape index (κ2) is 5.71. The number of anilines is 1. The van der Waals surface area contributed by atoms with E-state index in [0.717, 1.165) is 30.1 Å². The zero-order valence-electron chi connectivity index (χ0n) is 14.4. The summed E-state index contributed by atoms with van der Waals surface area (Å²) in [4.78, 5) is 19.8. The molecule has 0 radical (unpaired) electrons. The van der Waals surface area contributed by atoms with E-state index in [0.29, 0.717) is 31.5 Å². The first-order valence-electron chi connectivity index (χ1n) is 8.57. The highest BCUT2D eigenvalue weighted by atomic mass is 16.5. The third-order valence-electron chi connectivity index (χ3n) is 5.11. The largest absolute Gasteiger partial charge is 0.396 e. The highest BCUT2D eigenvalue weighted by Gasteiger charge is 2.39. The minimum absolute atomic E-state index is 0.0853. The Bertz CT molecular complexity index is 937. The summed E-state index contributed by atoms with van der Waals surface area (Å²) in [5, 5.41) is 13.5. The lowest BCUT2D eigenvalue weighted by molar-refractivity contribution is -0.144. The average Bonchev–Trinajstić information content (AvgIpc) is 3.17. The van der Waals surface area contributed by atoms with Crippen LogP contribution >= 0.6 is 0 Å². The summed E-state index contributed by atoms with van der Waals surface area (Å²) < 4.78 is 12.5. The molecule has 2 aliphatic heterocycles. The Morgan fingerprint density at radius 1 is 1.27 bits per heavy atom. The van der Waals surface area contributed by atoms with Gasteiger partial charge >= 0.3 is 0 Å². The number of aryl methyl sites for hydroxylation is 1. The van der Waals surface area contributed by atoms with Gasteiger partial charge in [-0.2, -0.15) is 4.98 Å². The van der Waals surface area contributed by atoms with Crippen LogP contribution in [0.3, 0.4) is 0 Å². The van der Waals surface area contributed by atoms with Gasteiger partial charge in [-0.05, 0) is 6.92 Å². The van der Waals surface area contributed by atoms with Crippen LogP contribution in [0, 0.1) is 12.3 Å². The molecular weight excluding hydrogens is 338 g/mol. The molecule has 10 heteroatoms. The SMILES string of the molecule is Cc1noc(C2CN(c3ncnc4c3ncn4CC3(CO)COC3)C2)n1. The first kappa shape index (κ1) is 15.6. The van der Waals surface area contributed by atoms with Crippen LogP contribution in [0.2, 0.25) is 0 Å². The van der Waals surface area contributed by atoms with E-state index in [1.807, 2.05) is 11.5 Å². The van der Waals surface area contributed by atoms with Crippen molar-refractivity contribution >= 4 is 17.0 Å². The number of imidazole rings is 1. The summed E-state index contributed by atoms with van der Waals surface area (Å²) in [5.41, 5.74) is 1.30. The Hall–Kier alpha value is -2.59. The zero-order valence-corrected chi connectivity index (χ0v) is 14.4. The van der Waals surface area contributed by atoms with Crippen LogP contribution in [-0.2, 0) is 11.3 Å². The molecule has 0 aromatic carbocycles. The molecule has 0 aliphatic carbocycles. The first-order valence-corrected chi connectivity index (χ1v) is 8.57. The maximum Gasteiger partial charge on any atom is 0.233 e. The number of aliphatic hydroxyl groups excluding tert-OH is 1. The molecule has 5 rings (SSSR count). The molecule has 136 valence electrons. The molecule has 10 nitrogen and oxygen atoms in total. The fraction of sp³-hybridized carbons (Fsp3) is 0.562. The van der Waals surface area contributed by atoms with E-state index >= 15 is 0 Å². The van der Waals surface area contributed by atoms with Crippen molar-refractivity contribution < 1.29 is 14.4 Å². The average molecular weight is 357 g/mol. The predicted molar refractivity (Wildman–Crippen MR) is 89.6 cm³/mol. The number of aliphatic hydroxyl groups is 1. The number of hydrogen-bond donors (Lipinski definition) is 1. The van der Waals surface area contributed by atoms with Crippen molar-refractivity contribution in [1.82, 2.24) is 29.7 Å². The molecule has 0 atom stereocenters. The van der Waals surface area contributed by atoms with Gasteiger partial charge in [0.1, 0.15) is 6.33 Å². The van der Waals surface area contributed by atoms with Gasteiger partial charge in [0, 0.05) is 19.6 Å². The maximum absolute atomic E-state index is 9.66. The van der Waals surface area contributed by atoms with Crippen LogP contribution in [0.15, 0.2) is 17.2 Å². The molecule has 0 amide bonds. The number of ether oxygens (including phenoxy) is 1. The number of hydrogen-bond acceptors (Lipinski definition) is 9. The molecule has 2 saturated heterocycles. The lowest BCUT2D eigenvalue weighted by Gasteiger charge is -2.40. The van der Waals surface area contributed by atoms with Gasteiger partial charge in [-0.3, -0.25) is 0 Å². The minimum atomic E-state index is -0.240. The number of aromatic nitrogens is 6. The van der Waals surface area contributed by atoms with Crippen molar-refractivity contribution in [2.45, 2.75) is 19.4 Å². The summed E-state index contributed by atoms with van der Waals surface area (Å²) in [6, 6.07) is 0. The molecule has 0 unspecified atom stereocenters. The van der Waals surface area contributed by atoms with E-state index in [1.54, 1.807) is 12.7 Å². The molecule has 2 aliphatic rings. The molecule has 0 saturated carbocycles. The second-order valence-electron chi connectivity index (χ2n) is 7.17. The third kappa shape index (κ3) is 2.36. The van der Waals surface area contributed by atoms with E-state index in [1.165, 1.54) is 0 Å². The second-order valence-corrected chi connectivity index (χ2v) is 7.17. The Kier molecular flexibility index (Phi) is 3.44. The number of fused-ring (bicyclic) bond motifs is 1. The van der Waals surface area contributed by atoms with Crippen molar-refractivity contribution in [3.05, 3.63) is 24.4 Å². The highest BCUT2D eigenvalue weighted by Crippen LogP contribution is 2.34. The maximum atomic E-state index is 9.66. The van der Waals surface area contributed by atoms with E-state index in [-0.39, 0.29) is 17.9 Å². The first-order chi connectivity index (χ1) is 12.7. The standard InChI is InChI=1S/C16H19N7O3/c1-10-20-15(26-21-10)11-2-22(3-11)13-12-14(18-8-17-13)23(9-19-12)4-16(5-24)6-25-7-16/h8-9,11,24H,2-7H2,1H3. The molecule has 26 heavy (non-hydrogen) atoms. The van der Waals surface area contributed by atoms with Gasteiger partial charge in [-0.25, -0.2) is 15.0 Å². The van der Waals surface area contributed by atoms with Gasteiger partial charge < -0.3 is 23.8 Å². The van der Waals surface area contributed by atoms with Crippen molar-refractivity contribution in [3.8, 4) is 0 Å².